The van der Waals surface area contributed by atoms with Crippen LogP contribution in [0.15, 0.2) is 60.9 Å². The van der Waals surface area contributed by atoms with E-state index in [2.05, 4.69) is 9.97 Å². The van der Waals surface area contributed by atoms with E-state index in [1.54, 1.807) is 26.0 Å². The number of fused-ring (bicyclic) bond motifs is 2. The maximum Gasteiger partial charge on any atom is 0.344 e. The first-order valence-corrected chi connectivity index (χ1v) is 18.1. The number of rotatable bonds is 8. The lowest BCUT2D eigenvalue weighted by Gasteiger charge is -2.19. The molecule has 0 unspecified atom stereocenters. The minimum atomic E-state index is -0.908. The Balaban J connectivity index is 1.53. The van der Waals surface area contributed by atoms with Crippen LogP contribution >= 0.6 is 69.6 Å². The number of carbonyl (C=O) groups is 4. The van der Waals surface area contributed by atoms with Crippen molar-refractivity contribution in [2.75, 3.05) is 13.2 Å². The topological polar surface area (TPSA) is 131 Å². The van der Waals surface area contributed by atoms with Crippen LogP contribution in [0.5, 0.6) is 11.5 Å². The largest absolute Gasteiger partial charge is 0.462 e. The van der Waals surface area contributed by atoms with Gasteiger partial charge in [-0.3, -0.25) is 9.97 Å². The Morgan fingerprint density at radius 3 is 1.19 bits per heavy atom. The second-order valence-electron chi connectivity index (χ2n) is 11.5. The van der Waals surface area contributed by atoms with Crippen molar-refractivity contribution in [1.29, 1.82) is 0 Å². The van der Waals surface area contributed by atoms with Crippen molar-refractivity contribution in [2.24, 2.45) is 0 Å². The summed E-state index contributed by atoms with van der Waals surface area (Å²) in [5.74, 6) is -3.63. The van der Waals surface area contributed by atoms with Crippen LogP contribution in [0, 0.1) is 0 Å². The lowest BCUT2D eigenvalue weighted by molar-refractivity contribution is 0.0518. The molecule has 272 valence electrons. The summed E-state index contributed by atoms with van der Waals surface area (Å²) in [6.07, 6.45) is 2.54. The molecule has 2 aromatic heterocycles. The van der Waals surface area contributed by atoms with Crippen LogP contribution in [0.25, 0.3) is 43.4 Å². The van der Waals surface area contributed by atoms with E-state index in [0.29, 0.717) is 21.5 Å². The summed E-state index contributed by atoms with van der Waals surface area (Å²) in [7, 11) is 0. The summed E-state index contributed by atoms with van der Waals surface area (Å²) < 4.78 is 22.0. The fraction of sp³-hybridized carbons (Fsp3) is 0.105. The standard InChI is InChI=1S/C38H20Cl6N2O8/c1-3-51-35(47)21-13-45-31-18-6-8-20(38(50)54-34-25(43)11-16(40)12-26(34)44)28-22(36(48)52-4-2)14-46-32(30(18)28)17-5-7-19(27(21)29(17)31)37(49)53-33-23(41)9-15(39)10-24(33)42/h5-14H,3-4H2,1-2H3. The smallest absolute Gasteiger partial charge is 0.344 e. The molecule has 0 spiro atoms. The van der Waals surface area contributed by atoms with Gasteiger partial charge >= 0.3 is 23.9 Å². The molecule has 0 aliphatic rings. The summed E-state index contributed by atoms with van der Waals surface area (Å²) in [4.78, 5) is 64.0. The second kappa shape index (κ2) is 14.9. The molecule has 54 heavy (non-hydrogen) atoms. The van der Waals surface area contributed by atoms with Gasteiger partial charge in [-0.2, -0.15) is 0 Å². The second-order valence-corrected chi connectivity index (χ2v) is 14.0. The van der Waals surface area contributed by atoms with E-state index in [0.717, 1.165) is 0 Å². The molecule has 0 saturated carbocycles. The number of nitrogens with zero attached hydrogens (tertiary/aromatic N) is 2. The highest BCUT2D eigenvalue weighted by atomic mass is 35.5. The Morgan fingerprint density at radius 2 is 0.852 bits per heavy atom. The predicted molar refractivity (Wildman–Crippen MR) is 208 cm³/mol. The molecular weight excluding hydrogens is 825 g/mol. The average Bonchev–Trinajstić information content (AvgIpc) is 3.12. The van der Waals surface area contributed by atoms with Crippen molar-refractivity contribution >= 4 is 137 Å². The van der Waals surface area contributed by atoms with E-state index in [-0.39, 0.29) is 98.9 Å². The first kappa shape index (κ1) is 37.6. The highest BCUT2D eigenvalue weighted by molar-refractivity contribution is 6.42. The third-order valence-corrected chi connectivity index (χ3v) is 9.88. The molecule has 7 rings (SSSR count). The van der Waals surface area contributed by atoms with E-state index >= 15 is 0 Å². The zero-order chi connectivity index (χ0) is 38.6. The lowest BCUT2D eigenvalue weighted by atomic mass is 9.89. The van der Waals surface area contributed by atoms with Gasteiger partial charge in [-0.05, 0) is 50.2 Å². The SMILES string of the molecule is CCOC(=O)c1cnc2c3ccc(C(=O)Oc4c(Cl)cc(Cl)cc4Cl)c4c(C(=O)OCC)cnc(c5ccc(C(=O)Oc6c(Cl)cc(Cl)cc6Cl)c1c52)c43. The maximum atomic E-state index is 13.9. The lowest BCUT2D eigenvalue weighted by Crippen LogP contribution is -2.15. The first-order chi connectivity index (χ1) is 25.8. The summed E-state index contributed by atoms with van der Waals surface area (Å²) >= 11 is 37.4. The molecule has 0 aliphatic heterocycles. The molecule has 0 bridgehead atoms. The molecular formula is C38H20Cl6N2O8. The van der Waals surface area contributed by atoms with Crippen LogP contribution in [0.4, 0.5) is 0 Å². The minimum absolute atomic E-state index is 0.0204. The maximum absolute atomic E-state index is 13.9. The Labute approximate surface area is 335 Å². The van der Waals surface area contributed by atoms with E-state index in [1.807, 2.05) is 0 Å². The number of benzene rings is 5. The summed E-state index contributed by atoms with van der Waals surface area (Å²) in [6.45, 7) is 3.33. The minimum Gasteiger partial charge on any atom is -0.462 e. The molecule has 0 amide bonds. The average molecular weight is 845 g/mol. The number of carbonyl (C=O) groups excluding carboxylic acids is 4. The fourth-order valence-electron chi connectivity index (χ4n) is 6.19. The van der Waals surface area contributed by atoms with Crippen molar-refractivity contribution in [3.8, 4) is 11.5 Å². The first-order valence-electron chi connectivity index (χ1n) is 15.8. The molecule has 0 aliphatic carbocycles. The number of esters is 4. The van der Waals surface area contributed by atoms with Crippen LogP contribution in [0.2, 0.25) is 30.1 Å². The van der Waals surface area contributed by atoms with Crippen LogP contribution in [0.3, 0.4) is 0 Å². The summed E-state index contributed by atoms with van der Waals surface area (Å²) in [5, 5.41) is 2.11. The van der Waals surface area contributed by atoms with Crippen LogP contribution in [-0.4, -0.2) is 47.1 Å². The number of ether oxygens (including phenoxy) is 4. The zero-order valence-corrected chi connectivity index (χ0v) is 32.2. The van der Waals surface area contributed by atoms with Gasteiger partial charge in [0.05, 0.1) is 66.6 Å². The van der Waals surface area contributed by atoms with E-state index in [4.69, 9.17) is 88.6 Å². The highest BCUT2D eigenvalue weighted by Crippen LogP contribution is 2.44. The molecule has 0 N–H and O–H groups in total. The molecule has 0 radical (unpaired) electrons. The third-order valence-electron chi connectivity index (χ3n) is 8.32. The molecule has 0 fully saturated rings. The molecule has 10 nitrogen and oxygen atoms in total. The predicted octanol–water partition coefficient (Wildman–Crippen LogP) is 11.2. The van der Waals surface area contributed by atoms with Gasteiger partial charge in [0.15, 0.2) is 11.5 Å². The number of aromatic nitrogens is 2. The Bertz CT molecular complexity index is 2500. The monoisotopic (exact) mass is 842 g/mol. The van der Waals surface area contributed by atoms with Crippen LogP contribution in [0.1, 0.15) is 55.3 Å². The number of pyridine rings is 2. The Morgan fingerprint density at radius 1 is 0.500 bits per heavy atom. The molecule has 7 aromatic rings. The van der Waals surface area contributed by atoms with Crippen molar-refractivity contribution < 1.29 is 38.1 Å². The van der Waals surface area contributed by atoms with Crippen molar-refractivity contribution in [1.82, 2.24) is 9.97 Å². The van der Waals surface area contributed by atoms with Crippen molar-refractivity contribution in [2.45, 2.75) is 13.8 Å². The quantitative estimate of drug-likeness (QED) is 0.0630. The molecule has 2 heterocycles. The molecule has 0 saturated heterocycles. The fourth-order valence-corrected chi connectivity index (χ4v) is 7.98. The third kappa shape index (κ3) is 6.46. The van der Waals surface area contributed by atoms with Gasteiger partial charge in [-0.1, -0.05) is 81.7 Å². The van der Waals surface area contributed by atoms with E-state index < -0.39 is 23.9 Å². The van der Waals surface area contributed by atoms with Gasteiger partial charge in [0.1, 0.15) is 0 Å². The van der Waals surface area contributed by atoms with Crippen molar-refractivity contribution in [3.05, 3.63) is 113 Å². The van der Waals surface area contributed by atoms with E-state index in [9.17, 15) is 19.2 Å². The zero-order valence-electron chi connectivity index (χ0n) is 27.6. The Hall–Kier alpha value is -4.68. The Kier molecular flexibility index (Phi) is 10.4. The van der Waals surface area contributed by atoms with Crippen molar-refractivity contribution in [3.63, 3.8) is 0 Å². The summed E-state index contributed by atoms with van der Waals surface area (Å²) in [5.41, 5.74) is 0.378. The van der Waals surface area contributed by atoms with Crippen LogP contribution < -0.4 is 9.47 Å². The van der Waals surface area contributed by atoms with Crippen LogP contribution in [-0.2, 0) is 9.47 Å². The van der Waals surface area contributed by atoms with Gasteiger partial charge < -0.3 is 18.9 Å². The van der Waals surface area contributed by atoms with Gasteiger partial charge in [-0.25, -0.2) is 19.2 Å². The normalized spacial score (nSPS) is 11.4. The molecule has 16 heteroatoms. The molecule has 0 atom stereocenters. The van der Waals surface area contributed by atoms with E-state index in [1.165, 1.54) is 48.8 Å². The number of halogens is 6. The number of hydrogen-bond acceptors (Lipinski definition) is 10. The van der Waals surface area contributed by atoms with Gasteiger partial charge in [-0.15, -0.1) is 0 Å². The van der Waals surface area contributed by atoms with Gasteiger partial charge in [0.25, 0.3) is 0 Å². The summed E-state index contributed by atoms with van der Waals surface area (Å²) in [6, 6.07) is 11.5. The highest BCUT2D eigenvalue weighted by Gasteiger charge is 2.30. The van der Waals surface area contributed by atoms with Gasteiger partial charge in [0, 0.05) is 54.8 Å². The van der Waals surface area contributed by atoms with Gasteiger partial charge in [0.2, 0.25) is 0 Å². The number of hydrogen-bond donors (Lipinski definition) is 0. The molecule has 5 aromatic carbocycles.